The third kappa shape index (κ3) is 4.49. The highest BCUT2D eigenvalue weighted by Crippen LogP contribution is 2.33. The van der Waals surface area contributed by atoms with Gasteiger partial charge in [0.1, 0.15) is 5.76 Å². The Bertz CT molecular complexity index is 514. The summed E-state index contributed by atoms with van der Waals surface area (Å²) in [5.74, 6) is 1.95. The molecule has 0 amide bonds. The summed E-state index contributed by atoms with van der Waals surface area (Å²) in [7, 11) is 1.88. The number of rotatable bonds is 5. The first-order valence-electron chi connectivity index (χ1n) is 8.86. The van der Waals surface area contributed by atoms with E-state index in [2.05, 4.69) is 34.2 Å². The lowest BCUT2D eigenvalue weighted by Crippen LogP contribution is -2.50. The molecule has 0 bridgehead atoms. The molecule has 0 aliphatic carbocycles. The van der Waals surface area contributed by atoms with E-state index in [1.54, 1.807) is 0 Å². The molecule has 0 spiro atoms. The minimum Gasteiger partial charge on any atom is -0.361 e. The Morgan fingerprint density at radius 1 is 1.43 bits per heavy atom. The number of aliphatic imine (C=N–C) groups is 1. The molecule has 1 aliphatic heterocycles. The molecule has 5 nitrogen and oxygen atoms in total. The Morgan fingerprint density at radius 3 is 2.83 bits per heavy atom. The van der Waals surface area contributed by atoms with E-state index in [0.717, 1.165) is 43.5 Å². The molecule has 1 unspecified atom stereocenters. The van der Waals surface area contributed by atoms with Crippen molar-refractivity contribution < 1.29 is 4.52 Å². The van der Waals surface area contributed by atoms with Crippen LogP contribution >= 0.6 is 0 Å². The van der Waals surface area contributed by atoms with Gasteiger partial charge < -0.3 is 14.7 Å². The maximum Gasteiger partial charge on any atom is 0.193 e. The number of hydrogen-bond donors (Lipinski definition) is 1. The van der Waals surface area contributed by atoms with Gasteiger partial charge in [-0.25, -0.2) is 0 Å². The smallest absolute Gasteiger partial charge is 0.193 e. The van der Waals surface area contributed by atoms with E-state index in [1.807, 2.05) is 20.9 Å². The maximum absolute atomic E-state index is 5.23. The van der Waals surface area contributed by atoms with Gasteiger partial charge in [0.2, 0.25) is 0 Å². The first-order valence-corrected chi connectivity index (χ1v) is 8.86. The van der Waals surface area contributed by atoms with Crippen LogP contribution in [-0.4, -0.2) is 42.7 Å². The number of nitrogens with one attached hydrogen (secondary N) is 1. The maximum atomic E-state index is 5.23. The third-order valence-corrected chi connectivity index (χ3v) is 4.99. The fourth-order valence-electron chi connectivity index (χ4n) is 3.79. The fourth-order valence-corrected chi connectivity index (χ4v) is 3.79. The normalized spacial score (nSPS) is 22.5. The highest BCUT2D eigenvalue weighted by molar-refractivity contribution is 5.80. The van der Waals surface area contributed by atoms with Gasteiger partial charge in [0.15, 0.2) is 5.96 Å². The van der Waals surface area contributed by atoms with Gasteiger partial charge in [-0.1, -0.05) is 25.4 Å². The van der Waals surface area contributed by atoms with Crippen molar-refractivity contribution in [3.63, 3.8) is 0 Å². The van der Waals surface area contributed by atoms with E-state index in [4.69, 9.17) is 4.52 Å². The van der Waals surface area contributed by atoms with Crippen molar-refractivity contribution in [2.45, 2.75) is 59.8 Å². The quantitative estimate of drug-likeness (QED) is 0.668. The van der Waals surface area contributed by atoms with Gasteiger partial charge in [-0.2, -0.15) is 0 Å². The van der Waals surface area contributed by atoms with Crippen molar-refractivity contribution in [1.82, 2.24) is 15.4 Å². The molecule has 1 fully saturated rings. The Kier molecular flexibility index (Phi) is 6.08. The molecule has 130 valence electrons. The summed E-state index contributed by atoms with van der Waals surface area (Å²) >= 11 is 0. The van der Waals surface area contributed by atoms with Crippen molar-refractivity contribution in [2.24, 2.45) is 10.4 Å². The van der Waals surface area contributed by atoms with Crippen LogP contribution in [0, 0.1) is 19.3 Å². The van der Waals surface area contributed by atoms with Crippen LogP contribution in [0.5, 0.6) is 0 Å². The Labute approximate surface area is 140 Å². The van der Waals surface area contributed by atoms with E-state index >= 15 is 0 Å². The van der Waals surface area contributed by atoms with Crippen molar-refractivity contribution in [1.29, 1.82) is 0 Å². The second-order valence-corrected chi connectivity index (χ2v) is 7.11. The van der Waals surface area contributed by atoms with Gasteiger partial charge in [-0.05, 0) is 44.9 Å². The van der Waals surface area contributed by atoms with Gasteiger partial charge in [0.05, 0.1) is 5.69 Å². The highest BCUT2D eigenvalue weighted by atomic mass is 16.5. The average Bonchev–Trinajstić information content (AvgIpc) is 2.83. The average molecular weight is 320 g/mol. The molecule has 5 heteroatoms. The predicted octanol–water partition coefficient (Wildman–Crippen LogP) is 3.31. The summed E-state index contributed by atoms with van der Waals surface area (Å²) in [6, 6.07) is 0. The van der Waals surface area contributed by atoms with Gasteiger partial charge in [0, 0.05) is 32.2 Å². The Morgan fingerprint density at radius 2 is 2.22 bits per heavy atom. The molecule has 1 aliphatic rings. The number of piperidine rings is 1. The van der Waals surface area contributed by atoms with Crippen LogP contribution in [0.2, 0.25) is 0 Å². The summed E-state index contributed by atoms with van der Waals surface area (Å²) < 4.78 is 5.23. The molecule has 23 heavy (non-hydrogen) atoms. The first kappa shape index (κ1) is 17.8. The number of aromatic nitrogens is 1. The molecule has 2 heterocycles. The molecule has 0 saturated carbocycles. The van der Waals surface area contributed by atoms with Crippen molar-refractivity contribution in [3.8, 4) is 0 Å². The van der Waals surface area contributed by atoms with E-state index < -0.39 is 0 Å². The molecule has 0 aromatic carbocycles. The summed E-state index contributed by atoms with van der Waals surface area (Å²) in [5.41, 5.74) is 2.63. The predicted molar refractivity (Wildman–Crippen MR) is 94.9 cm³/mol. The highest BCUT2D eigenvalue weighted by Gasteiger charge is 2.31. The molecule has 2 rings (SSSR count). The SMILES string of the molecule is CCCC1(C)CCCN(C(=NC)NCCc2c(C)noc2C)C1. The third-order valence-electron chi connectivity index (χ3n) is 4.99. The molecule has 1 aromatic heterocycles. The minimum absolute atomic E-state index is 0.423. The monoisotopic (exact) mass is 320 g/mol. The van der Waals surface area contributed by atoms with Crippen LogP contribution in [0.4, 0.5) is 0 Å². The van der Waals surface area contributed by atoms with E-state index in [0.29, 0.717) is 5.41 Å². The van der Waals surface area contributed by atoms with Crippen molar-refractivity contribution >= 4 is 5.96 Å². The van der Waals surface area contributed by atoms with Crippen LogP contribution in [0.25, 0.3) is 0 Å². The zero-order valence-electron chi connectivity index (χ0n) is 15.4. The van der Waals surface area contributed by atoms with Gasteiger partial charge >= 0.3 is 0 Å². The largest absolute Gasteiger partial charge is 0.361 e. The number of hydrogen-bond acceptors (Lipinski definition) is 3. The van der Waals surface area contributed by atoms with Gasteiger partial charge in [0.25, 0.3) is 0 Å². The summed E-state index contributed by atoms with van der Waals surface area (Å²) in [5, 5.41) is 7.54. The second-order valence-electron chi connectivity index (χ2n) is 7.11. The number of likely N-dealkylation sites (tertiary alicyclic amines) is 1. The van der Waals surface area contributed by atoms with E-state index in [9.17, 15) is 0 Å². The van der Waals surface area contributed by atoms with Crippen LogP contribution in [0.15, 0.2) is 9.52 Å². The fraction of sp³-hybridized carbons (Fsp3) is 0.778. The number of guanidine groups is 1. The summed E-state index contributed by atoms with van der Waals surface area (Å²) in [4.78, 5) is 6.92. The Balaban J connectivity index is 1.90. The lowest BCUT2D eigenvalue weighted by molar-refractivity contribution is 0.142. The zero-order chi connectivity index (χ0) is 16.9. The summed E-state index contributed by atoms with van der Waals surface area (Å²) in [6.07, 6.45) is 6.04. The molecule has 1 N–H and O–H groups in total. The van der Waals surface area contributed by atoms with Crippen LogP contribution in [0.3, 0.4) is 0 Å². The zero-order valence-corrected chi connectivity index (χ0v) is 15.4. The molecule has 1 aromatic rings. The van der Waals surface area contributed by atoms with E-state index in [-0.39, 0.29) is 0 Å². The lowest BCUT2D eigenvalue weighted by Gasteiger charge is -2.42. The van der Waals surface area contributed by atoms with Gasteiger partial charge in [-0.3, -0.25) is 4.99 Å². The topological polar surface area (TPSA) is 53.7 Å². The van der Waals surface area contributed by atoms with Gasteiger partial charge in [-0.15, -0.1) is 0 Å². The molecular formula is C18H32N4O. The number of aryl methyl sites for hydroxylation is 2. The van der Waals surface area contributed by atoms with Crippen LogP contribution in [0.1, 0.15) is 56.5 Å². The second kappa shape index (κ2) is 7.84. The van der Waals surface area contributed by atoms with Crippen LogP contribution < -0.4 is 5.32 Å². The van der Waals surface area contributed by atoms with Crippen LogP contribution in [-0.2, 0) is 6.42 Å². The molecule has 0 radical (unpaired) electrons. The molecule has 1 saturated heterocycles. The standard InChI is InChI=1S/C18H32N4O/c1-6-9-18(4)10-7-12-22(13-18)17(19-5)20-11-8-16-14(2)21-23-15(16)3/h6-13H2,1-5H3,(H,19,20). The molecule has 1 atom stereocenters. The first-order chi connectivity index (χ1) is 11.0. The lowest BCUT2D eigenvalue weighted by atomic mass is 9.78. The minimum atomic E-state index is 0.423. The summed E-state index contributed by atoms with van der Waals surface area (Å²) in [6.45, 7) is 11.7. The van der Waals surface area contributed by atoms with Crippen molar-refractivity contribution in [2.75, 3.05) is 26.7 Å². The molecular weight excluding hydrogens is 288 g/mol. The Hall–Kier alpha value is -1.52. The number of nitrogens with zero attached hydrogens (tertiary/aromatic N) is 3. The van der Waals surface area contributed by atoms with E-state index in [1.165, 1.54) is 31.2 Å². The van der Waals surface area contributed by atoms with Crippen molar-refractivity contribution in [3.05, 3.63) is 17.0 Å².